The number of aliphatic hydroxyl groups is 2. The highest BCUT2D eigenvalue weighted by molar-refractivity contribution is 6.01. The van der Waals surface area contributed by atoms with E-state index in [1.165, 1.54) is 19.1 Å². The first-order valence-electron chi connectivity index (χ1n) is 12.3. The van der Waals surface area contributed by atoms with Crippen LogP contribution in [-0.2, 0) is 19.1 Å². The fourth-order valence-electron chi connectivity index (χ4n) is 7.59. The number of Topliss-reactive ketones (excluding diaryl/α,β-unsaturated/α-hetero) is 1. The van der Waals surface area contributed by atoms with Crippen LogP contribution in [0.15, 0.2) is 23.8 Å². The number of hydrogen-bond donors (Lipinski definition) is 2. The molecule has 3 fully saturated rings. The molecule has 0 saturated heterocycles. The normalized spacial score (nSPS) is 46.9. The first-order valence-corrected chi connectivity index (χ1v) is 12.3. The highest BCUT2D eigenvalue weighted by Gasteiger charge is 2.76. The van der Waals surface area contributed by atoms with E-state index in [9.17, 15) is 24.6 Å². The Morgan fingerprint density at radius 3 is 2.43 bits per heavy atom. The van der Waals surface area contributed by atoms with Crippen LogP contribution in [0.4, 0.5) is 8.78 Å². The zero-order valence-corrected chi connectivity index (χ0v) is 21.2. The number of ether oxygens (including phenoxy) is 1. The van der Waals surface area contributed by atoms with Crippen LogP contribution >= 0.6 is 0 Å². The molecule has 0 unspecified atom stereocenters. The second kappa shape index (κ2) is 7.78. The number of allylic oxidation sites excluding steroid dienone is 4. The number of carbonyl (C=O) groups is 3. The molecule has 0 spiro atoms. The lowest BCUT2D eigenvalue weighted by atomic mass is 9.44. The van der Waals surface area contributed by atoms with Gasteiger partial charge in [0, 0.05) is 16.7 Å². The van der Waals surface area contributed by atoms with Gasteiger partial charge in [0.15, 0.2) is 18.1 Å². The quantitative estimate of drug-likeness (QED) is 0.583. The van der Waals surface area contributed by atoms with Crippen molar-refractivity contribution < 1.29 is 38.1 Å². The Morgan fingerprint density at radius 1 is 1.20 bits per heavy atom. The maximum atomic E-state index is 17.1. The third-order valence-electron chi connectivity index (χ3n) is 9.58. The summed E-state index contributed by atoms with van der Waals surface area (Å²) in [6, 6.07) is 0. The van der Waals surface area contributed by atoms with E-state index in [2.05, 4.69) is 0 Å². The van der Waals surface area contributed by atoms with Gasteiger partial charge in [-0.15, -0.1) is 0 Å². The van der Waals surface area contributed by atoms with Crippen molar-refractivity contribution in [2.75, 3.05) is 6.61 Å². The third kappa shape index (κ3) is 3.28. The molecule has 35 heavy (non-hydrogen) atoms. The summed E-state index contributed by atoms with van der Waals surface area (Å²) in [6.45, 7) is 9.15. The summed E-state index contributed by atoms with van der Waals surface area (Å²) in [5.41, 5.74) is -7.87. The molecule has 0 radical (unpaired) electrons. The molecule has 194 valence electrons. The van der Waals surface area contributed by atoms with Gasteiger partial charge in [-0.25, -0.2) is 8.78 Å². The van der Waals surface area contributed by atoms with Gasteiger partial charge < -0.3 is 14.9 Å². The van der Waals surface area contributed by atoms with E-state index < -0.39 is 81.7 Å². The molecule has 4 aliphatic carbocycles. The number of fused-ring (bicyclic) bond motifs is 5. The number of hydrogen-bond acceptors (Lipinski definition) is 6. The van der Waals surface area contributed by atoms with Crippen LogP contribution in [0.5, 0.6) is 0 Å². The summed E-state index contributed by atoms with van der Waals surface area (Å²) in [4.78, 5) is 37.5. The van der Waals surface area contributed by atoms with Crippen LogP contribution in [-0.4, -0.2) is 57.9 Å². The van der Waals surface area contributed by atoms with E-state index in [-0.39, 0.29) is 24.8 Å². The van der Waals surface area contributed by atoms with E-state index in [1.54, 1.807) is 34.6 Å². The fourth-order valence-corrected chi connectivity index (χ4v) is 7.59. The van der Waals surface area contributed by atoms with Crippen LogP contribution in [0.3, 0.4) is 0 Å². The molecule has 8 heteroatoms. The Hall–Kier alpha value is -1.93. The summed E-state index contributed by atoms with van der Waals surface area (Å²) in [5.74, 6) is -3.94. The van der Waals surface area contributed by atoms with Crippen molar-refractivity contribution in [3.05, 3.63) is 23.8 Å². The molecule has 0 heterocycles. The maximum absolute atomic E-state index is 17.1. The average molecular weight is 495 g/mol. The standard InChI is InChI=1S/C27H36F2O6/c1-14-9-16-17-11-19(28)18-10-15(30)7-8-24(18,5)26(17,29)20(31)12-25(16,6)27(14,34)21(32)13-35-22(33)23(2,3)4/h7-8,10,14,16-17,19-20,31,34H,9,11-13H2,1-6H3/t14-,16-,17+,19+,20-,24+,25+,26+,27+/m1/s1. The molecule has 9 atom stereocenters. The van der Waals surface area contributed by atoms with Crippen LogP contribution in [0.2, 0.25) is 0 Å². The van der Waals surface area contributed by atoms with Crippen LogP contribution in [0.25, 0.3) is 0 Å². The van der Waals surface area contributed by atoms with Crippen molar-refractivity contribution in [3.63, 3.8) is 0 Å². The Bertz CT molecular complexity index is 1030. The minimum atomic E-state index is -2.28. The lowest BCUT2D eigenvalue weighted by Gasteiger charge is -2.63. The molecule has 0 aromatic heterocycles. The predicted octanol–water partition coefficient (Wildman–Crippen LogP) is 3.44. The minimum Gasteiger partial charge on any atom is -0.457 e. The van der Waals surface area contributed by atoms with Gasteiger partial charge in [-0.3, -0.25) is 14.4 Å². The highest BCUT2D eigenvalue weighted by atomic mass is 19.1. The summed E-state index contributed by atoms with van der Waals surface area (Å²) in [6.07, 6.45) is 0.249. The van der Waals surface area contributed by atoms with Crippen molar-refractivity contribution >= 4 is 17.5 Å². The highest BCUT2D eigenvalue weighted by Crippen LogP contribution is 2.70. The zero-order valence-electron chi connectivity index (χ0n) is 21.2. The van der Waals surface area contributed by atoms with Gasteiger partial charge in [-0.1, -0.05) is 19.9 Å². The SMILES string of the molecule is C[C@@H]1C[C@@H]2[C@@H]3C[C@H](F)C4=CC(=O)C=C[C@]4(C)[C@@]3(F)[C@H](O)C[C@]2(C)[C@@]1(O)C(=O)COC(=O)C(C)(C)C. The van der Waals surface area contributed by atoms with Crippen molar-refractivity contribution in [1.82, 2.24) is 0 Å². The van der Waals surface area contributed by atoms with Gasteiger partial charge in [-0.05, 0) is 76.5 Å². The molecule has 4 aliphatic rings. The van der Waals surface area contributed by atoms with Crippen molar-refractivity contribution in [2.45, 2.75) is 84.4 Å². The summed E-state index contributed by atoms with van der Waals surface area (Å²) in [7, 11) is 0. The second-order valence-electron chi connectivity index (χ2n) is 12.5. The topological polar surface area (TPSA) is 101 Å². The molecule has 2 N–H and O–H groups in total. The smallest absolute Gasteiger partial charge is 0.311 e. The van der Waals surface area contributed by atoms with E-state index >= 15 is 8.78 Å². The Morgan fingerprint density at radius 2 is 1.83 bits per heavy atom. The van der Waals surface area contributed by atoms with Gasteiger partial charge in [0.2, 0.25) is 5.78 Å². The molecule has 0 bridgehead atoms. The summed E-state index contributed by atoms with van der Waals surface area (Å²) >= 11 is 0. The zero-order chi connectivity index (χ0) is 26.4. The molecule has 0 aromatic carbocycles. The van der Waals surface area contributed by atoms with Crippen LogP contribution in [0, 0.1) is 34.0 Å². The van der Waals surface area contributed by atoms with Gasteiger partial charge in [0.25, 0.3) is 0 Å². The van der Waals surface area contributed by atoms with Crippen LogP contribution in [0.1, 0.15) is 60.8 Å². The van der Waals surface area contributed by atoms with Gasteiger partial charge in [-0.2, -0.15) is 0 Å². The lowest BCUT2D eigenvalue weighted by molar-refractivity contribution is -0.224. The Labute approximate surface area is 204 Å². The van der Waals surface area contributed by atoms with E-state index in [4.69, 9.17) is 4.74 Å². The van der Waals surface area contributed by atoms with Crippen molar-refractivity contribution in [2.24, 2.45) is 34.0 Å². The number of aliphatic hydroxyl groups excluding tert-OH is 1. The maximum Gasteiger partial charge on any atom is 0.311 e. The number of halogens is 2. The van der Waals surface area contributed by atoms with E-state index in [1.807, 2.05) is 0 Å². The second-order valence-corrected chi connectivity index (χ2v) is 12.5. The van der Waals surface area contributed by atoms with Crippen molar-refractivity contribution in [3.8, 4) is 0 Å². The number of carbonyl (C=O) groups excluding carboxylic acids is 3. The first-order chi connectivity index (χ1) is 15.9. The molecule has 4 rings (SSSR count). The van der Waals surface area contributed by atoms with Gasteiger partial charge in [0.1, 0.15) is 11.8 Å². The minimum absolute atomic E-state index is 0.0258. The largest absolute Gasteiger partial charge is 0.457 e. The van der Waals surface area contributed by atoms with Gasteiger partial charge >= 0.3 is 5.97 Å². The number of alkyl halides is 2. The third-order valence-corrected chi connectivity index (χ3v) is 9.58. The fraction of sp³-hybridized carbons (Fsp3) is 0.741. The molecule has 3 saturated carbocycles. The molecule has 6 nitrogen and oxygen atoms in total. The molecule has 0 amide bonds. The first kappa shape index (κ1) is 26.1. The van der Waals surface area contributed by atoms with E-state index in [0.29, 0.717) is 0 Å². The predicted molar refractivity (Wildman–Crippen MR) is 124 cm³/mol. The Balaban J connectivity index is 1.72. The number of ketones is 2. The number of rotatable bonds is 3. The monoisotopic (exact) mass is 494 g/mol. The van der Waals surface area contributed by atoms with E-state index in [0.717, 1.165) is 6.08 Å². The summed E-state index contributed by atoms with van der Waals surface area (Å²) in [5, 5.41) is 23.2. The molecule has 0 aliphatic heterocycles. The molecular formula is C27H36F2O6. The van der Waals surface area contributed by atoms with Crippen LogP contribution < -0.4 is 0 Å². The molecule has 0 aromatic rings. The summed E-state index contributed by atoms with van der Waals surface area (Å²) < 4.78 is 37.8. The molecular weight excluding hydrogens is 458 g/mol. The van der Waals surface area contributed by atoms with Crippen molar-refractivity contribution in [1.29, 1.82) is 0 Å². The Kier molecular flexibility index (Phi) is 5.81. The average Bonchev–Trinajstić information content (AvgIpc) is 2.96. The number of esters is 1. The van der Waals surface area contributed by atoms with Gasteiger partial charge in [0.05, 0.1) is 11.5 Å². The lowest BCUT2D eigenvalue weighted by Crippen LogP contribution is -2.70.